The van der Waals surface area contributed by atoms with Crippen LogP contribution in [-0.2, 0) is 4.74 Å². The Kier molecular flexibility index (Phi) is 8.51. The van der Waals surface area contributed by atoms with E-state index in [1.165, 1.54) is 12.1 Å². The number of carbonyl (C=O) groups is 1. The van der Waals surface area contributed by atoms with Crippen molar-refractivity contribution in [2.45, 2.75) is 77.2 Å². The van der Waals surface area contributed by atoms with Crippen molar-refractivity contribution in [2.24, 2.45) is 5.92 Å². The summed E-state index contributed by atoms with van der Waals surface area (Å²) in [5.41, 5.74) is 1.79. The molecule has 1 aromatic rings. The third kappa shape index (κ3) is 6.50. The van der Waals surface area contributed by atoms with E-state index in [4.69, 9.17) is 10.00 Å². The molecule has 0 radical (unpaired) electrons. The fourth-order valence-corrected chi connectivity index (χ4v) is 4.00. The maximum Gasteiger partial charge on any atom is 0.338 e. The van der Waals surface area contributed by atoms with Gasteiger partial charge in [-0.25, -0.2) is 4.79 Å². The van der Waals surface area contributed by atoms with Gasteiger partial charge in [-0.05, 0) is 81.4 Å². The van der Waals surface area contributed by atoms with Crippen molar-refractivity contribution in [3.63, 3.8) is 0 Å². The third-order valence-corrected chi connectivity index (χ3v) is 5.48. The van der Waals surface area contributed by atoms with Crippen molar-refractivity contribution in [1.82, 2.24) is 0 Å². The number of carbonyl (C=O) groups excluding carboxylic acids is 1. The summed E-state index contributed by atoms with van der Waals surface area (Å²) in [4.78, 5) is 12.6. The lowest BCUT2D eigenvalue weighted by Gasteiger charge is -2.29. The van der Waals surface area contributed by atoms with Gasteiger partial charge in [-0.2, -0.15) is 9.65 Å². The Hall–Kier alpha value is -2.15. The first-order valence-corrected chi connectivity index (χ1v) is 10.1. The number of hydrogen-bond acceptors (Lipinski definition) is 3. The van der Waals surface area contributed by atoms with E-state index in [1.807, 2.05) is 25.1 Å². The standard InChI is InChI=1S/C23H30FNO2/c1-3-7-17(2)27-23(26)22-11-5-4-10-21(22)19-14-12-18(13-15-19)8-6-9-20(24)16-25/h4-5,9-11,17-19H,3,6-8,12-15H2,1-2H3/t17?,18-,19-. The van der Waals surface area contributed by atoms with Crippen molar-refractivity contribution in [2.75, 3.05) is 0 Å². The number of allylic oxidation sites excluding steroid dienone is 2. The minimum atomic E-state index is -0.687. The smallest absolute Gasteiger partial charge is 0.338 e. The summed E-state index contributed by atoms with van der Waals surface area (Å²) in [5.74, 6) is 0.0322. The van der Waals surface area contributed by atoms with Crippen LogP contribution in [-0.4, -0.2) is 12.1 Å². The summed E-state index contributed by atoms with van der Waals surface area (Å²) in [6, 6.07) is 9.33. The molecule has 0 spiro atoms. The second-order valence-electron chi connectivity index (χ2n) is 7.55. The zero-order valence-electron chi connectivity index (χ0n) is 16.4. The molecule has 1 aromatic carbocycles. The molecule has 1 unspecified atom stereocenters. The van der Waals surface area contributed by atoms with Crippen LogP contribution in [0.3, 0.4) is 0 Å². The topological polar surface area (TPSA) is 50.1 Å². The van der Waals surface area contributed by atoms with Crippen molar-refractivity contribution >= 4 is 5.97 Å². The van der Waals surface area contributed by atoms with E-state index in [0.717, 1.165) is 50.5 Å². The highest BCUT2D eigenvalue weighted by molar-refractivity contribution is 5.91. The van der Waals surface area contributed by atoms with Gasteiger partial charge in [0.25, 0.3) is 0 Å². The van der Waals surface area contributed by atoms with Crippen LogP contribution in [0.25, 0.3) is 0 Å². The summed E-state index contributed by atoms with van der Waals surface area (Å²) in [7, 11) is 0. The molecule has 146 valence electrons. The van der Waals surface area contributed by atoms with Crippen LogP contribution in [0.4, 0.5) is 4.39 Å². The maximum absolute atomic E-state index is 12.9. The quantitative estimate of drug-likeness (QED) is 0.389. The van der Waals surface area contributed by atoms with Crippen molar-refractivity contribution in [1.29, 1.82) is 5.26 Å². The number of nitrogens with zero attached hydrogens (tertiary/aromatic N) is 1. The van der Waals surface area contributed by atoms with Gasteiger partial charge in [0.2, 0.25) is 0 Å². The van der Waals surface area contributed by atoms with Gasteiger partial charge in [-0.15, -0.1) is 0 Å². The zero-order valence-corrected chi connectivity index (χ0v) is 16.4. The molecule has 1 saturated carbocycles. The molecular weight excluding hydrogens is 341 g/mol. The molecular formula is C23H30FNO2. The summed E-state index contributed by atoms with van der Waals surface area (Å²) < 4.78 is 18.5. The Morgan fingerprint density at radius 3 is 2.70 bits per heavy atom. The van der Waals surface area contributed by atoms with Crippen LogP contribution < -0.4 is 0 Å². The Bertz CT molecular complexity index is 684. The molecule has 1 aliphatic carbocycles. The minimum Gasteiger partial charge on any atom is -0.459 e. The SMILES string of the molecule is CCCC(C)OC(=O)c1ccccc1[C@H]1CC[C@H](CCC=C(F)C#N)CC1. The van der Waals surface area contributed by atoms with E-state index in [9.17, 15) is 9.18 Å². The number of halogens is 1. The van der Waals surface area contributed by atoms with Gasteiger partial charge in [0.05, 0.1) is 11.7 Å². The largest absolute Gasteiger partial charge is 0.459 e. The second kappa shape index (κ2) is 10.9. The van der Waals surface area contributed by atoms with E-state index < -0.39 is 5.83 Å². The number of benzene rings is 1. The van der Waals surface area contributed by atoms with E-state index in [-0.39, 0.29) is 12.1 Å². The molecule has 1 atom stereocenters. The van der Waals surface area contributed by atoms with Crippen molar-refractivity contribution in [3.8, 4) is 6.07 Å². The second-order valence-corrected chi connectivity index (χ2v) is 7.55. The number of hydrogen-bond donors (Lipinski definition) is 0. The fraction of sp³-hybridized carbons (Fsp3) is 0.565. The fourth-order valence-electron chi connectivity index (χ4n) is 4.00. The highest BCUT2D eigenvalue weighted by Crippen LogP contribution is 2.39. The Morgan fingerprint density at radius 1 is 1.33 bits per heavy atom. The predicted molar refractivity (Wildman–Crippen MR) is 105 cm³/mol. The minimum absolute atomic E-state index is 0.0619. The highest BCUT2D eigenvalue weighted by atomic mass is 19.1. The summed E-state index contributed by atoms with van der Waals surface area (Å²) in [6.45, 7) is 4.03. The van der Waals surface area contributed by atoms with Gasteiger partial charge in [0.1, 0.15) is 6.07 Å². The van der Waals surface area contributed by atoms with Crippen LogP contribution in [0.2, 0.25) is 0 Å². The normalized spacial score (nSPS) is 21.3. The third-order valence-electron chi connectivity index (χ3n) is 5.48. The van der Waals surface area contributed by atoms with Gasteiger partial charge < -0.3 is 4.74 Å². The van der Waals surface area contributed by atoms with Crippen LogP contribution in [0, 0.1) is 17.2 Å². The summed E-state index contributed by atoms with van der Waals surface area (Å²) in [6.07, 6.45) is 8.93. The van der Waals surface area contributed by atoms with Gasteiger partial charge in [0.15, 0.2) is 5.83 Å². The Labute approximate surface area is 162 Å². The molecule has 0 heterocycles. The van der Waals surface area contributed by atoms with E-state index in [1.54, 1.807) is 0 Å². The van der Waals surface area contributed by atoms with Gasteiger partial charge in [-0.1, -0.05) is 31.5 Å². The van der Waals surface area contributed by atoms with Crippen molar-refractivity contribution in [3.05, 3.63) is 47.3 Å². The van der Waals surface area contributed by atoms with Crippen LogP contribution in [0.5, 0.6) is 0 Å². The number of esters is 1. The molecule has 1 fully saturated rings. The molecule has 3 nitrogen and oxygen atoms in total. The molecule has 0 aromatic heterocycles. The van der Waals surface area contributed by atoms with E-state index in [0.29, 0.717) is 23.8 Å². The number of rotatable bonds is 8. The highest BCUT2D eigenvalue weighted by Gasteiger charge is 2.26. The average Bonchev–Trinajstić information content (AvgIpc) is 2.68. The van der Waals surface area contributed by atoms with Crippen molar-refractivity contribution < 1.29 is 13.9 Å². The molecule has 0 bridgehead atoms. The lowest BCUT2D eigenvalue weighted by atomic mass is 9.76. The lowest BCUT2D eigenvalue weighted by molar-refractivity contribution is 0.0321. The first-order valence-electron chi connectivity index (χ1n) is 10.1. The number of nitriles is 1. The monoisotopic (exact) mass is 371 g/mol. The molecule has 0 aliphatic heterocycles. The number of ether oxygens (including phenoxy) is 1. The lowest BCUT2D eigenvalue weighted by Crippen LogP contribution is -2.19. The molecule has 2 rings (SSSR count). The van der Waals surface area contributed by atoms with Crippen LogP contribution in [0.1, 0.15) is 87.1 Å². The van der Waals surface area contributed by atoms with Gasteiger partial charge >= 0.3 is 5.97 Å². The average molecular weight is 371 g/mol. The van der Waals surface area contributed by atoms with Crippen LogP contribution in [0.15, 0.2) is 36.2 Å². The predicted octanol–water partition coefficient (Wildman–Crippen LogP) is 6.46. The van der Waals surface area contributed by atoms with Gasteiger partial charge in [-0.3, -0.25) is 0 Å². The van der Waals surface area contributed by atoms with Crippen LogP contribution >= 0.6 is 0 Å². The summed E-state index contributed by atoms with van der Waals surface area (Å²) in [5, 5.41) is 8.46. The van der Waals surface area contributed by atoms with E-state index in [2.05, 4.69) is 13.0 Å². The molecule has 27 heavy (non-hydrogen) atoms. The molecule has 0 saturated heterocycles. The zero-order chi connectivity index (χ0) is 19.6. The first-order chi connectivity index (χ1) is 13.0. The van der Waals surface area contributed by atoms with E-state index >= 15 is 0 Å². The van der Waals surface area contributed by atoms with Gasteiger partial charge in [0, 0.05) is 0 Å². The molecule has 4 heteroatoms. The Morgan fingerprint density at radius 2 is 2.04 bits per heavy atom. The molecule has 0 amide bonds. The summed E-state index contributed by atoms with van der Waals surface area (Å²) >= 11 is 0. The Balaban J connectivity index is 1.94. The maximum atomic E-state index is 12.9. The first kappa shape index (κ1) is 21.2. The molecule has 1 aliphatic rings. The molecule has 0 N–H and O–H groups in total.